The lowest BCUT2D eigenvalue weighted by Crippen LogP contribution is -2.45. The Balaban J connectivity index is 1.38. The van der Waals surface area contributed by atoms with E-state index in [0.29, 0.717) is 17.2 Å². The fraction of sp³-hybridized carbons (Fsp3) is 0.556. The molecule has 3 fully saturated rings. The van der Waals surface area contributed by atoms with Gasteiger partial charge >= 0.3 is 0 Å². The van der Waals surface area contributed by atoms with E-state index in [2.05, 4.69) is 15.6 Å². The van der Waals surface area contributed by atoms with Crippen molar-refractivity contribution in [3.63, 3.8) is 0 Å². The standard InChI is InChI=1S/C18H21ClFN3O2S/c19-12-2-1-3-13(20)17(12)18(24)22-8-16-23-10-4-5-14(25-16)11(6-10)15-7-21-9-26-15/h1-3,9-11,14-16,23H,4-8H2,(H,22,24). The average Bonchev–Trinajstić information content (AvgIpc) is 3.01. The predicted octanol–water partition coefficient (Wildman–Crippen LogP) is 2.84. The van der Waals surface area contributed by atoms with E-state index < -0.39 is 11.7 Å². The van der Waals surface area contributed by atoms with Crippen LogP contribution in [0.25, 0.3) is 0 Å². The Labute approximate surface area is 161 Å². The molecule has 1 saturated carbocycles. The summed E-state index contributed by atoms with van der Waals surface area (Å²) in [6.45, 7) is 1.13. The van der Waals surface area contributed by atoms with Crippen LogP contribution in [0.1, 0.15) is 29.6 Å². The van der Waals surface area contributed by atoms with Gasteiger partial charge in [-0.3, -0.25) is 15.1 Å². The summed E-state index contributed by atoms with van der Waals surface area (Å²) in [5, 5.41) is 6.82. The summed E-state index contributed by atoms with van der Waals surface area (Å²) in [6.07, 6.45) is 3.04. The number of carbonyl (C=O) groups is 1. The SMILES string of the molecule is O=C(NCC1NC2CCC(O1)C(C1CN=CS1)C2)c1c(F)cccc1Cl. The first-order chi connectivity index (χ1) is 12.6. The van der Waals surface area contributed by atoms with Crippen LogP contribution in [-0.4, -0.2) is 48.2 Å². The Bertz CT molecular complexity index is 691. The van der Waals surface area contributed by atoms with Gasteiger partial charge in [0.25, 0.3) is 5.91 Å². The lowest BCUT2D eigenvalue weighted by atomic mass is 9.81. The summed E-state index contributed by atoms with van der Waals surface area (Å²) >= 11 is 7.75. The van der Waals surface area contributed by atoms with Gasteiger partial charge in [0.05, 0.1) is 35.3 Å². The second-order valence-electron chi connectivity index (χ2n) is 6.96. The highest BCUT2D eigenvalue weighted by Gasteiger charge is 2.42. The van der Waals surface area contributed by atoms with Crippen molar-refractivity contribution in [1.29, 1.82) is 0 Å². The van der Waals surface area contributed by atoms with Crippen LogP contribution in [-0.2, 0) is 4.74 Å². The normalized spacial score (nSPS) is 33.2. The smallest absolute Gasteiger partial charge is 0.255 e. The largest absolute Gasteiger partial charge is 0.358 e. The fourth-order valence-corrected chi connectivity index (χ4v) is 5.28. The molecule has 2 bridgehead atoms. The molecule has 0 aromatic heterocycles. The number of carbonyl (C=O) groups excluding carboxylic acids is 1. The van der Waals surface area contributed by atoms with E-state index in [1.807, 2.05) is 5.55 Å². The number of ether oxygens (including phenoxy) is 1. The van der Waals surface area contributed by atoms with Crippen LogP contribution in [0.4, 0.5) is 4.39 Å². The quantitative estimate of drug-likeness (QED) is 0.820. The van der Waals surface area contributed by atoms with Gasteiger partial charge in [-0.1, -0.05) is 17.7 Å². The van der Waals surface area contributed by atoms with Crippen LogP contribution in [0.5, 0.6) is 0 Å². The highest BCUT2D eigenvalue weighted by molar-refractivity contribution is 8.12. The van der Waals surface area contributed by atoms with Gasteiger partial charge in [0, 0.05) is 17.2 Å². The number of fused-ring (bicyclic) bond motifs is 4. The van der Waals surface area contributed by atoms with E-state index in [0.717, 1.165) is 25.8 Å². The molecule has 5 nitrogen and oxygen atoms in total. The van der Waals surface area contributed by atoms with E-state index >= 15 is 0 Å². The van der Waals surface area contributed by atoms with Crippen molar-refractivity contribution in [2.75, 3.05) is 13.1 Å². The molecule has 140 valence electrons. The fourth-order valence-electron chi connectivity index (χ4n) is 4.05. The van der Waals surface area contributed by atoms with Crippen molar-refractivity contribution in [3.8, 4) is 0 Å². The molecule has 26 heavy (non-hydrogen) atoms. The third kappa shape index (κ3) is 3.76. The van der Waals surface area contributed by atoms with E-state index in [1.54, 1.807) is 11.8 Å². The van der Waals surface area contributed by atoms with Crippen LogP contribution in [0.2, 0.25) is 5.02 Å². The molecular weight excluding hydrogens is 377 g/mol. The number of halogens is 2. The summed E-state index contributed by atoms with van der Waals surface area (Å²) < 4.78 is 20.1. The minimum atomic E-state index is -0.622. The number of nitrogens with zero attached hydrogens (tertiary/aromatic N) is 1. The second-order valence-corrected chi connectivity index (χ2v) is 8.45. The zero-order valence-electron chi connectivity index (χ0n) is 14.2. The summed E-state index contributed by atoms with van der Waals surface area (Å²) in [4.78, 5) is 16.7. The molecule has 1 aromatic rings. The van der Waals surface area contributed by atoms with Gasteiger partial charge in [-0.2, -0.15) is 0 Å². The topological polar surface area (TPSA) is 62.7 Å². The third-order valence-corrected chi connectivity index (χ3v) is 6.74. The number of hydrogen-bond acceptors (Lipinski definition) is 5. The molecule has 8 heteroatoms. The molecule has 2 saturated heterocycles. The Kier molecular flexibility index (Phi) is 5.50. The van der Waals surface area contributed by atoms with Gasteiger partial charge in [-0.15, -0.1) is 11.8 Å². The number of amides is 1. The molecule has 3 aliphatic heterocycles. The first-order valence-corrected chi connectivity index (χ1v) is 10.2. The Morgan fingerprint density at radius 1 is 1.46 bits per heavy atom. The van der Waals surface area contributed by atoms with E-state index in [-0.39, 0.29) is 29.5 Å². The van der Waals surface area contributed by atoms with E-state index in [9.17, 15) is 9.18 Å². The second kappa shape index (κ2) is 7.84. The zero-order valence-corrected chi connectivity index (χ0v) is 15.7. The maximum atomic E-state index is 13.9. The molecule has 5 unspecified atom stereocenters. The average molecular weight is 398 g/mol. The maximum Gasteiger partial charge on any atom is 0.255 e. The number of rotatable bonds is 4. The first kappa shape index (κ1) is 18.2. The van der Waals surface area contributed by atoms with Crippen molar-refractivity contribution >= 4 is 34.8 Å². The first-order valence-electron chi connectivity index (χ1n) is 8.89. The number of benzene rings is 1. The van der Waals surface area contributed by atoms with Crippen LogP contribution in [0, 0.1) is 11.7 Å². The van der Waals surface area contributed by atoms with Crippen molar-refractivity contribution in [3.05, 3.63) is 34.6 Å². The van der Waals surface area contributed by atoms with Crippen LogP contribution in [0.15, 0.2) is 23.2 Å². The molecule has 5 atom stereocenters. The molecule has 0 spiro atoms. The summed E-state index contributed by atoms with van der Waals surface area (Å²) in [5.74, 6) is -0.676. The Morgan fingerprint density at radius 3 is 3.12 bits per heavy atom. The van der Waals surface area contributed by atoms with Crippen LogP contribution in [0.3, 0.4) is 0 Å². The summed E-state index contributed by atoms with van der Waals surface area (Å²) in [6, 6.07) is 4.59. The highest BCUT2D eigenvalue weighted by atomic mass is 35.5. The van der Waals surface area contributed by atoms with E-state index in [1.165, 1.54) is 18.2 Å². The molecule has 5 rings (SSSR count). The number of hydrogen-bond donors (Lipinski definition) is 2. The van der Waals surface area contributed by atoms with Crippen molar-refractivity contribution in [2.24, 2.45) is 10.9 Å². The molecule has 0 radical (unpaired) electrons. The zero-order chi connectivity index (χ0) is 18.1. The Hall–Kier alpha value is -1.15. The van der Waals surface area contributed by atoms with Gasteiger partial charge in [0.2, 0.25) is 0 Å². The molecule has 1 aliphatic carbocycles. The lowest BCUT2D eigenvalue weighted by Gasteiger charge is -2.34. The summed E-state index contributed by atoms with van der Waals surface area (Å²) in [7, 11) is 0. The van der Waals surface area contributed by atoms with Crippen molar-refractivity contribution < 1.29 is 13.9 Å². The van der Waals surface area contributed by atoms with Gasteiger partial charge in [-0.25, -0.2) is 4.39 Å². The molecular formula is C18H21ClFN3O2S. The third-order valence-electron chi connectivity index (χ3n) is 5.31. The number of nitrogens with one attached hydrogen (secondary N) is 2. The molecule has 2 N–H and O–H groups in total. The van der Waals surface area contributed by atoms with Crippen LogP contribution >= 0.6 is 23.4 Å². The maximum absolute atomic E-state index is 13.9. The molecule has 3 heterocycles. The predicted molar refractivity (Wildman–Crippen MR) is 101 cm³/mol. The number of aliphatic imine (C=N–C) groups is 1. The molecule has 1 amide bonds. The Morgan fingerprint density at radius 2 is 2.35 bits per heavy atom. The van der Waals surface area contributed by atoms with Crippen molar-refractivity contribution in [1.82, 2.24) is 10.6 Å². The minimum Gasteiger partial charge on any atom is -0.358 e. The number of thioether (sulfide) groups is 1. The van der Waals surface area contributed by atoms with Gasteiger partial charge in [-0.05, 0) is 31.4 Å². The molecule has 4 aliphatic rings. The van der Waals surface area contributed by atoms with Gasteiger partial charge in [0.15, 0.2) is 0 Å². The lowest BCUT2D eigenvalue weighted by molar-refractivity contribution is -0.0386. The van der Waals surface area contributed by atoms with Gasteiger partial charge < -0.3 is 10.1 Å². The van der Waals surface area contributed by atoms with Crippen molar-refractivity contribution in [2.45, 2.75) is 42.9 Å². The summed E-state index contributed by atoms with van der Waals surface area (Å²) in [5.41, 5.74) is 1.81. The van der Waals surface area contributed by atoms with Gasteiger partial charge in [0.1, 0.15) is 12.0 Å². The minimum absolute atomic E-state index is 0.107. The highest BCUT2D eigenvalue weighted by Crippen LogP contribution is 2.38. The molecule has 1 aromatic carbocycles. The van der Waals surface area contributed by atoms with E-state index in [4.69, 9.17) is 16.3 Å². The monoisotopic (exact) mass is 397 g/mol. The van der Waals surface area contributed by atoms with Crippen LogP contribution < -0.4 is 10.6 Å².